The molecule has 94 valence electrons. The molecule has 1 aliphatic carbocycles. The van der Waals surface area contributed by atoms with Crippen molar-refractivity contribution in [3.05, 3.63) is 28.8 Å². The highest BCUT2D eigenvalue weighted by Crippen LogP contribution is 2.44. The number of rotatable bonds is 2. The third-order valence-corrected chi connectivity index (χ3v) is 4.21. The summed E-state index contributed by atoms with van der Waals surface area (Å²) >= 11 is 0. The summed E-state index contributed by atoms with van der Waals surface area (Å²) in [5, 5.41) is 0. The SMILES string of the molecule is COc1c(C2(N)CCC(C)C2)ccc(C)c1C. The van der Waals surface area contributed by atoms with Crippen LogP contribution in [0, 0.1) is 19.8 Å². The average Bonchev–Trinajstić information content (AvgIpc) is 2.63. The number of aryl methyl sites for hydroxylation is 1. The highest BCUT2D eigenvalue weighted by molar-refractivity contribution is 5.48. The Bertz CT molecular complexity index is 427. The molecule has 1 aromatic rings. The monoisotopic (exact) mass is 233 g/mol. The number of benzene rings is 1. The fraction of sp³-hybridized carbons (Fsp3) is 0.600. The second-order valence-corrected chi connectivity index (χ2v) is 5.59. The van der Waals surface area contributed by atoms with Gasteiger partial charge in [0.05, 0.1) is 7.11 Å². The zero-order valence-corrected chi connectivity index (χ0v) is 11.3. The molecule has 1 fully saturated rings. The zero-order chi connectivity index (χ0) is 12.6. The molecule has 1 aliphatic rings. The molecule has 0 radical (unpaired) electrons. The van der Waals surface area contributed by atoms with Crippen LogP contribution in [0.2, 0.25) is 0 Å². The Morgan fingerprint density at radius 3 is 2.59 bits per heavy atom. The lowest BCUT2D eigenvalue weighted by molar-refractivity contribution is 0.371. The van der Waals surface area contributed by atoms with Crippen molar-refractivity contribution >= 4 is 0 Å². The van der Waals surface area contributed by atoms with Crippen LogP contribution in [-0.2, 0) is 5.54 Å². The lowest BCUT2D eigenvalue weighted by Crippen LogP contribution is -2.34. The number of methoxy groups -OCH3 is 1. The van der Waals surface area contributed by atoms with Crippen molar-refractivity contribution < 1.29 is 4.74 Å². The second-order valence-electron chi connectivity index (χ2n) is 5.59. The first-order valence-corrected chi connectivity index (χ1v) is 6.41. The van der Waals surface area contributed by atoms with Crippen LogP contribution < -0.4 is 10.5 Å². The van der Waals surface area contributed by atoms with Crippen LogP contribution in [0.15, 0.2) is 12.1 Å². The molecule has 2 N–H and O–H groups in total. The van der Waals surface area contributed by atoms with Gasteiger partial charge >= 0.3 is 0 Å². The predicted molar refractivity (Wildman–Crippen MR) is 71.3 cm³/mol. The normalized spacial score (nSPS) is 28.4. The van der Waals surface area contributed by atoms with E-state index in [1.54, 1.807) is 7.11 Å². The molecule has 0 spiro atoms. The van der Waals surface area contributed by atoms with Gasteiger partial charge in [0.2, 0.25) is 0 Å². The lowest BCUT2D eigenvalue weighted by atomic mass is 9.86. The third kappa shape index (κ3) is 2.06. The maximum absolute atomic E-state index is 6.59. The van der Waals surface area contributed by atoms with Crippen LogP contribution in [0.25, 0.3) is 0 Å². The van der Waals surface area contributed by atoms with Crippen LogP contribution in [0.5, 0.6) is 5.75 Å². The maximum atomic E-state index is 6.59. The van der Waals surface area contributed by atoms with Crippen molar-refractivity contribution in [1.29, 1.82) is 0 Å². The minimum absolute atomic E-state index is 0.191. The van der Waals surface area contributed by atoms with Crippen molar-refractivity contribution in [3.63, 3.8) is 0 Å². The summed E-state index contributed by atoms with van der Waals surface area (Å²) in [6, 6.07) is 4.31. The third-order valence-electron chi connectivity index (χ3n) is 4.21. The summed E-state index contributed by atoms with van der Waals surface area (Å²) in [4.78, 5) is 0. The van der Waals surface area contributed by atoms with Crippen LogP contribution in [0.1, 0.15) is 42.9 Å². The first-order valence-electron chi connectivity index (χ1n) is 6.41. The second kappa shape index (κ2) is 4.34. The molecule has 0 bridgehead atoms. The molecule has 17 heavy (non-hydrogen) atoms. The largest absolute Gasteiger partial charge is 0.496 e. The average molecular weight is 233 g/mol. The van der Waals surface area contributed by atoms with Crippen molar-refractivity contribution in [2.24, 2.45) is 11.7 Å². The van der Waals surface area contributed by atoms with E-state index in [-0.39, 0.29) is 5.54 Å². The Balaban J connectivity index is 2.49. The van der Waals surface area contributed by atoms with E-state index in [4.69, 9.17) is 10.5 Å². The van der Waals surface area contributed by atoms with Gasteiger partial charge in [0.1, 0.15) is 5.75 Å². The smallest absolute Gasteiger partial charge is 0.127 e. The van der Waals surface area contributed by atoms with Gasteiger partial charge in [-0.3, -0.25) is 0 Å². The van der Waals surface area contributed by atoms with Crippen molar-refractivity contribution in [1.82, 2.24) is 0 Å². The Kier molecular flexibility index (Phi) is 3.17. The molecule has 2 atom stereocenters. The van der Waals surface area contributed by atoms with Gasteiger partial charge in [-0.15, -0.1) is 0 Å². The molecule has 1 saturated carbocycles. The van der Waals surface area contributed by atoms with E-state index < -0.39 is 0 Å². The Hall–Kier alpha value is -1.02. The molecule has 0 heterocycles. The number of ether oxygens (including phenoxy) is 1. The van der Waals surface area contributed by atoms with E-state index >= 15 is 0 Å². The summed E-state index contributed by atoms with van der Waals surface area (Å²) in [6.07, 6.45) is 3.34. The van der Waals surface area contributed by atoms with E-state index in [1.165, 1.54) is 23.1 Å². The van der Waals surface area contributed by atoms with Crippen LogP contribution in [0.3, 0.4) is 0 Å². The fourth-order valence-corrected chi connectivity index (χ4v) is 3.02. The summed E-state index contributed by atoms with van der Waals surface area (Å²) < 4.78 is 5.59. The highest BCUT2D eigenvalue weighted by atomic mass is 16.5. The van der Waals surface area contributed by atoms with Gasteiger partial charge in [-0.25, -0.2) is 0 Å². The molecule has 0 aromatic heterocycles. The quantitative estimate of drug-likeness (QED) is 0.850. The van der Waals surface area contributed by atoms with Crippen LogP contribution >= 0.6 is 0 Å². The predicted octanol–water partition coefficient (Wildman–Crippen LogP) is 3.29. The van der Waals surface area contributed by atoms with Gasteiger partial charge in [-0.05, 0) is 50.2 Å². The van der Waals surface area contributed by atoms with Crippen molar-refractivity contribution in [2.45, 2.75) is 45.6 Å². The van der Waals surface area contributed by atoms with Crippen LogP contribution in [-0.4, -0.2) is 7.11 Å². The van der Waals surface area contributed by atoms with Gasteiger partial charge in [0.25, 0.3) is 0 Å². The Morgan fingerprint density at radius 1 is 1.35 bits per heavy atom. The molecule has 1 aromatic carbocycles. The van der Waals surface area contributed by atoms with Gasteiger partial charge in [0.15, 0.2) is 0 Å². The molecule has 2 unspecified atom stereocenters. The Labute approximate surface area is 104 Å². The maximum Gasteiger partial charge on any atom is 0.127 e. The molecule has 0 amide bonds. The molecule has 2 rings (SSSR count). The minimum atomic E-state index is -0.191. The standard InChI is InChI=1S/C15H23NO/c1-10-7-8-15(16,9-10)13-6-5-11(2)12(3)14(13)17-4/h5-6,10H,7-9,16H2,1-4H3. The molecule has 0 aliphatic heterocycles. The van der Waals surface area contributed by atoms with Crippen molar-refractivity contribution in [3.8, 4) is 5.75 Å². The highest BCUT2D eigenvalue weighted by Gasteiger charge is 2.37. The molecule has 2 nitrogen and oxygen atoms in total. The van der Waals surface area contributed by atoms with E-state index in [1.807, 2.05) is 0 Å². The van der Waals surface area contributed by atoms with Crippen LogP contribution in [0.4, 0.5) is 0 Å². The zero-order valence-electron chi connectivity index (χ0n) is 11.3. The Morgan fingerprint density at radius 2 is 2.06 bits per heavy atom. The van der Waals surface area contributed by atoms with E-state index in [9.17, 15) is 0 Å². The molecule has 2 heteroatoms. The van der Waals surface area contributed by atoms with E-state index in [0.717, 1.165) is 18.6 Å². The van der Waals surface area contributed by atoms with Gasteiger partial charge in [-0.2, -0.15) is 0 Å². The van der Waals surface area contributed by atoms with Gasteiger partial charge in [0, 0.05) is 11.1 Å². The summed E-state index contributed by atoms with van der Waals surface area (Å²) in [5.41, 5.74) is 10.1. The first kappa shape index (κ1) is 12.4. The van der Waals surface area contributed by atoms with E-state index in [2.05, 4.69) is 32.9 Å². The lowest BCUT2D eigenvalue weighted by Gasteiger charge is -2.28. The van der Waals surface area contributed by atoms with Crippen molar-refractivity contribution in [2.75, 3.05) is 7.11 Å². The summed E-state index contributed by atoms with van der Waals surface area (Å²) in [6.45, 7) is 6.50. The van der Waals surface area contributed by atoms with Gasteiger partial charge < -0.3 is 10.5 Å². The fourth-order valence-electron chi connectivity index (χ4n) is 3.02. The number of hydrogen-bond acceptors (Lipinski definition) is 2. The minimum Gasteiger partial charge on any atom is -0.496 e. The summed E-state index contributed by atoms with van der Waals surface area (Å²) in [5.74, 6) is 1.70. The molecule has 0 saturated heterocycles. The molecular weight excluding hydrogens is 210 g/mol. The van der Waals surface area contributed by atoms with Gasteiger partial charge in [-0.1, -0.05) is 19.1 Å². The topological polar surface area (TPSA) is 35.2 Å². The first-order chi connectivity index (χ1) is 7.98. The van der Waals surface area contributed by atoms with E-state index in [0.29, 0.717) is 5.92 Å². The molecular formula is C15H23NO. The number of hydrogen-bond donors (Lipinski definition) is 1. The number of nitrogens with two attached hydrogens (primary N) is 1. The summed E-state index contributed by atoms with van der Waals surface area (Å²) in [7, 11) is 1.74.